The first-order valence-corrected chi connectivity index (χ1v) is 39.1. The van der Waals surface area contributed by atoms with Gasteiger partial charge in [0, 0.05) is 146 Å². The Morgan fingerprint density at radius 3 is 1.07 bits per heavy atom. The standard InChI is InChI=1S/C22H25FN4O3.2C22H27N5O4.C15H22ClN3O3/c1-14-12-29-9-7-27(14)21-17-13-30-22(2,6-8-28-3)19(17)25-20(26-21)15-4-5-16(11-24)18(23)10-15;2*1-13-11-29-9-7-27(13)21-16-12-30-22(2,6-8-28-3)18(16)24-20(25-21)14-4-5-15-17(10-14)31-26-19(15)23;1-10-8-21-7-5-19(10)13-11-9-22-15(2,4-6-20-3)12(11)17-14(16)18-13/h4-5,10,14H,6-9,12-13H2,1-3H3;2*4-5,10,13H,6-9,11-12H2,1-3H3,(H2,23,26);10H,4-9H2,1-3H3/t14-,22?;13-,22+;13-,22-;10-,15?/m0000/s1. The smallest absolute Gasteiger partial charge is 0.224 e. The van der Waals surface area contributed by atoms with Gasteiger partial charge >= 0.3 is 0 Å². The number of nitrogens with two attached hydrogens (primary N) is 2. The minimum Gasteiger partial charge on any atom is -0.385 e. The van der Waals surface area contributed by atoms with Gasteiger partial charge in [-0.3, -0.25) is 0 Å². The maximum Gasteiger partial charge on any atom is 0.224 e. The van der Waals surface area contributed by atoms with Crippen molar-refractivity contribution in [1.29, 1.82) is 5.26 Å². The molecule has 4 N–H and O–H groups in total. The highest BCUT2D eigenvalue weighted by Gasteiger charge is 2.46. The molecule has 0 spiro atoms. The molecule has 9 aromatic rings. The van der Waals surface area contributed by atoms with Crippen molar-refractivity contribution < 1.29 is 70.3 Å². The molecule has 8 aliphatic heterocycles. The number of ether oxygens (including phenoxy) is 12. The molecule has 33 heteroatoms. The second-order valence-electron chi connectivity index (χ2n) is 30.6. The van der Waals surface area contributed by atoms with Crippen LogP contribution < -0.4 is 31.1 Å². The molecule has 0 saturated carbocycles. The summed E-state index contributed by atoms with van der Waals surface area (Å²) < 4.78 is 93.3. The number of nitrogens with zero attached hydrogens (tertiary/aromatic N) is 15. The lowest BCUT2D eigenvalue weighted by atomic mass is 9.96. The molecule has 8 atom stereocenters. The molecule has 4 saturated heterocycles. The van der Waals surface area contributed by atoms with Crippen LogP contribution in [0.25, 0.3) is 56.1 Å². The molecule has 17 rings (SSSR count). The molecule has 4 fully saturated rings. The third-order valence-electron chi connectivity index (χ3n) is 22.6. The van der Waals surface area contributed by atoms with Gasteiger partial charge in [0.25, 0.3) is 0 Å². The SMILES string of the molecule is COCCC1(C)OCc2c(N3CCOC[C@@H]3C)nc(-c3ccc(C#N)c(F)c3)nc21.COCCC1(C)OCc2c(N3CCOC[C@@H]3C)nc(Cl)nc21.COCC[C@@]1(C)OCc2c(N3CCOC[C@@H]3C)nc(-c3ccc4c(N)noc4c3)nc21.COCC[C@]1(C)OCc2c(N3CCOC[C@@H]3C)nc(-c3ccc4c(N)noc4c3)nc21. The number of hydrogen-bond donors (Lipinski definition) is 2. The number of morpholine rings is 4. The lowest BCUT2D eigenvalue weighted by Gasteiger charge is -2.35. The van der Waals surface area contributed by atoms with E-state index in [9.17, 15) is 4.39 Å². The van der Waals surface area contributed by atoms with E-state index in [0.717, 1.165) is 116 Å². The summed E-state index contributed by atoms with van der Waals surface area (Å²) >= 11 is 6.19. The lowest BCUT2D eigenvalue weighted by Crippen LogP contribution is -2.44. The highest BCUT2D eigenvalue weighted by Crippen LogP contribution is 2.48. The second-order valence-corrected chi connectivity index (χ2v) is 31.0. The first-order chi connectivity index (χ1) is 55.0. The molecule has 0 bridgehead atoms. The van der Waals surface area contributed by atoms with Crippen LogP contribution in [0.15, 0.2) is 63.6 Å². The maximum atomic E-state index is 14.3. The van der Waals surface area contributed by atoms with Gasteiger partial charge in [0.15, 0.2) is 40.3 Å². The van der Waals surface area contributed by atoms with Crippen molar-refractivity contribution in [3.05, 3.63) is 116 Å². The van der Waals surface area contributed by atoms with Gasteiger partial charge in [-0.25, -0.2) is 44.3 Å². The Hall–Kier alpha value is -9.05. The Labute approximate surface area is 666 Å². The summed E-state index contributed by atoms with van der Waals surface area (Å²) in [5, 5.41) is 18.6. The van der Waals surface area contributed by atoms with Crippen LogP contribution in [0.3, 0.4) is 0 Å². The van der Waals surface area contributed by atoms with Crippen molar-refractivity contribution in [2.75, 3.05) is 165 Å². The molecule has 0 amide bonds. The highest BCUT2D eigenvalue weighted by molar-refractivity contribution is 6.28. The van der Waals surface area contributed by atoms with E-state index in [0.29, 0.717) is 177 Å². The molecule has 0 radical (unpaired) electrons. The molecule has 31 nitrogen and oxygen atoms in total. The maximum absolute atomic E-state index is 14.3. The predicted octanol–water partition coefficient (Wildman–Crippen LogP) is 11.0. The van der Waals surface area contributed by atoms with Crippen LogP contribution in [0.5, 0.6) is 0 Å². The molecule has 14 heterocycles. The van der Waals surface area contributed by atoms with E-state index < -0.39 is 28.2 Å². The van der Waals surface area contributed by atoms with Gasteiger partial charge in [0.05, 0.1) is 143 Å². The van der Waals surface area contributed by atoms with Crippen molar-refractivity contribution in [2.24, 2.45) is 0 Å². The summed E-state index contributed by atoms with van der Waals surface area (Å²) in [5.74, 6) is 5.34. The minimum atomic E-state index is -0.613. The number of anilines is 6. The first-order valence-electron chi connectivity index (χ1n) is 38.7. The number of methoxy groups -OCH3 is 4. The van der Waals surface area contributed by atoms with Crippen molar-refractivity contribution in [3.63, 3.8) is 0 Å². The van der Waals surface area contributed by atoms with Crippen LogP contribution in [-0.2, 0) is 106 Å². The Kier molecular flexibility index (Phi) is 24.9. The number of nitrogen functional groups attached to an aromatic ring is 2. The average molecular weight is 1590 g/mol. The van der Waals surface area contributed by atoms with Crippen LogP contribution >= 0.6 is 11.6 Å². The van der Waals surface area contributed by atoms with Gasteiger partial charge in [-0.05, 0) is 109 Å². The molecule has 3 aromatic carbocycles. The Morgan fingerprint density at radius 2 is 0.763 bits per heavy atom. The largest absolute Gasteiger partial charge is 0.385 e. The number of nitriles is 1. The molecular formula is C81H101ClFN17O14. The van der Waals surface area contributed by atoms with Gasteiger partial charge in [0.1, 0.15) is 57.6 Å². The minimum absolute atomic E-state index is 0.00444. The van der Waals surface area contributed by atoms with E-state index >= 15 is 0 Å². The third-order valence-corrected chi connectivity index (χ3v) is 22.8. The predicted molar refractivity (Wildman–Crippen MR) is 423 cm³/mol. The number of aromatic nitrogens is 10. The molecule has 0 aliphatic carbocycles. The van der Waals surface area contributed by atoms with E-state index in [-0.39, 0.29) is 35.0 Å². The summed E-state index contributed by atoms with van der Waals surface area (Å²) in [6, 6.07) is 18.6. The van der Waals surface area contributed by atoms with E-state index in [4.69, 9.17) is 124 Å². The fourth-order valence-electron chi connectivity index (χ4n) is 15.7. The van der Waals surface area contributed by atoms with Crippen molar-refractivity contribution in [1.82, 2.24) is 50.2 Å². The fourth-order valence-corrected chi connectivity index (χ4v) is 15.9. The van der Waals surface area contributed by atoms with Gasteiger partial charge in [-0.2, -0.15) is 5.26 Å². The number of halogens is 2. The topological polar surface area (TPSA) is 355 Å². The zero-order chi connectivity index (χ0) is 80.2. The Morgan fingerprint density at radius 1 is 0.456 bits per heavy atom. The fraction of sp³-hybridized carbons (Fsp3) is 0.543. The van der Waals surface area contributed by atoms with Gasteiger partial charge < -0.3 is 97.0 Å². The zero-order valence-electron chi connectivity index (χ0n) is 66.8. The normalized spacial score (nSPS) is 24.3. The third kappa shape index (κ3) is 16.6. The van der Waals surface area contributed by atoms with Crippen LogP contribution in [0.2, 0.25) is 5.28 Å². The van der Waals surface area contributed by atoms with E-state index in [2.05, 4.69) is 81.4 Å². The number of hydrogen-bond acceptors (Lipinski definition) is 31. The summed E-state index contributed by atoms with van der Waals surface area (Å²) in [5.41, 5.74) is 20.6. The van der Waals surface area contributed by atoms with Crippen molar-refractivity contribution >= 4 is 68.4 Å². The number of benzene rings is 3. The quantitative estimate of drug-likeness (QED) is 0.0710. The number of rotatable bonds is 19. The molecular weight excluding hydrogens is 1490 g/mol. The molecule has 114 heavy (non-hydrogen) atoms. The molecule has 6 aromatic heterocycles. The average Bonchev–Trinajstić information content (AvgIpc) is 1.55. The van der Waals surface area contributed by atoms with E-state index in [1.165, 1.54) is 12.1 Å². The zero-order valence-corrected chi connectivity index (χ0v) is 67.6. The summed E-state index contributed by atoms with van der Waals surface area (Å²) in [6.45, 7) is 29.2. The number of fused-ring (bicyclic) bond motifs is 6. The molecule has 2 unspecified atom stereocenters. The second kappa shape index (κ2) is 34.8. The van der Waals surface area contributed by atoms with Crippen molar-refractivity contribution in [3.8, 4) is 40.2 Å². The first kappa shape index (κ1) is 81.5. The van der Waals surface area contributed by atoms with Crippen LogP contribution in [0.1, 0.15) is 132 Å². The summed E-state index contributed by atoms with van der Waals surface area (Å²) in [4.78, 5) is 47.6. The highest BCUT2D eigenvalue weighted by atomic mass is 35.5. The molecule has 608 valence electrons. The van der Waals surface area contributed by atoms with Gasteiger partial charge in [-0.15, -0.1) is 0 Å². The summed E-state index contributed by atoms with van der Waals surface area (Å²) in [7, 11) is 6.74. The van der Waals surface area contributed by atoms with Crippen LogP contribution in [0.4, 0.5) is 39.3 Å². The monoisotopic (exact) mass is 1590 g/mol. The van der Waals surface area contributed by atoms with E-state index in [1.807, 2.05) is 56.3 Å². The summed E-state index contributed by atoms with van der Waals surface area (Å²) in [6.07, 6.45) is 2.81. The Balaban J connectivity index is 0.000000127. The van der Waals surface area contributed by atoms with E-state index in [1.54, 1.807) is 34.5 Å². The Bertz CT molecular complexity index is 4810. The van der Waals surface area contributed by atoms with Gasteiger partial charge in [-0.1, -0.05) is 22.4 Å². The van der Waals surface area contributed by atoms with Gasteiger partial charge in [0.2, 0.25) is 5.28 Å². The van der Waals surface area contributed by atoms with Crippen molar-refractivity contribution in [2.45, 2.75) is 154 Å². The lowest BCUT2D eigenvalue weighted by molar-refractivity contribution is -0.0451. The van der Waals surface area contributed by atoms with Crippen LogP contribution in [-0.4, -0.2) is 208 Å². The van der Waals surface area contributed by atoms with Crippen LogP contribution in [0, 0.1) is 17.1 Å². The molecule has 8 aliphatic rings.